The zero-order valence-electron chi connectivity index (χ0n) is 14.3. The number of aliphatic hydroxyl groups excluding tert-OH is 2. The summed E-state index contributed by atoms with van der Waals surface area (Å²) in [5, 5.41) is 28.3. The van der Waals surface area contributed by atoms with Crippen molar-refractivity contribution in [1.29, 1.82) is 0 Å². The number of rotatable bonds is 16. The molecule has 0 amide bonds. The highest BCUT2D eigenvalue weighted by Crippen LogP contribution is 2.15. The lowest BCUT2D eigenvalue weighted by molar-refractivity contribution is -0.137. The number of carbonyl (C=O) groups is 1. The molecule has 4 heteroatoms. The second-order valence-corrected chi connectivity index (χ2v) is 6.39. The minimum absolute atomic E-state index is 0.250. The molecule has 0 heterocycles. The van der Waals surface area contributed by atoms with Crippen molar-refractivity contribution in [3.05, 3.63) is 0 Å². The molecule has 2 atom stereocenters. The predicted octanol–water partition coefficient (Wildman–Crippen LogP) is 4.27. The van der Waals surface area contributed by atoms with Crippen LogP contribution in [0, 0.1) is 0 Å². The Morgan fingerprint density at radius 3 is 1.59 bits per heavy atom. The molecule has 0 aliphatic carbocycles. The molecule has 4 nitrogen and oxygen atoms in total. The first-order chi connectivity index (χ1) is 10.6. The van der Waals surface area contributed by atoms with Gasteiger partial charge in [-0.3, -0.25) is 4.79 Å². The standard InChI is InChI=1S/C18H36O4/c1-2-3-4-5-7-10-13-16(19)17(20)14-11-8-6-9-12-15-18(21)22/h16-17,19-20H,2-15H2,1H3,(H,21,22). The van der Waals surface area contributed by atoms with Gasteiger partial charge in [0.25, 0.3) is 0 Å². The average Bonchev–Trinajstić information content (AvgIpc) is 2.49. The van der Waals surface area contributed by atoms with E-state index in [1.165, 1.54) is 25.7 Å². The van der Waals surface area contributed by atoms with E-state index in [4.69, 9.17) is 5.11 Å². The molecule has 132 valence electrons. The molecular weight excluding hydrogens is 280 g/mol. The highest BCUT2D eigenvalue weighted by atomic mass is 16.4. The number of carboxylic acid groups (broad SMARTS) is 1. The summed E-state index contributed by atoms with van der Waals surface area (Å²) in [5.74, 6) is -0.728. The minimum atomic E-state index is -0.728. The van der Waals surface area contributed by atoms with Crippen molar-refractivity contribution in [2.45, 2.75) is 109 Å². The maximum absolute atomic E-state index is 10.4. The SMILES string of the molecule is CCCCCCCCC(O)C(O)CCCCCCCC(=O)O. The van der Waals surface area contributed by atoms with Crippen LogP contribution >= 0.6 is 0 Å². The van der Waals surface area contributed by atoms with Crippen molar-refractivity contribution in [2.24, 2.45) is 0 Å². The molecule has 0 fully saturated rings. The van der Waals surface area contributed by atoms with E-state index in [0.717, 1.165) is 44.9 Å². The number of unbranched alkanes of at least 4 members (excludes halogenated alkanes) is 9. The number of hydrogen-bond acceptors (Lipinski definition) is 3. The van der Waals surface area contributed by atoms with Crippen molar-refractivity contribution >= 4 is 5.97 Å². The van der Waals surface area contributed by atoms with Gasteiger partial charge in [-0.15, -0.1) is 0 Å². The molecule has 0 radical (unpaired) electrons. The number of aliphatic carboxylic acids is 1. The van der Waals surface area contributed by atoms with Crippen molar-refractivity contribution in [2.75, 3.05) is 0 Å². The van der Waals surface area contributed by atoms with Crippen LogP contribution in [0.3, 0.4) is 0 Å². The van der Waals surface area contributed by atoms with Crippen LogP contribution < -0.4 is 0 Å². The van der Waals surface area contributed by atoms with E-state index in [-0.39, 0.29) is 6.42 Å². The fraction of sp³-hybridized carbons (Fsp3) is 0.944. The van der Waals surface area contributed by atoms with E-state index in [1.807, 2.05) is 0 Å². The van der Waals surface area contributed by atoms with Crippen LogP contribution in [0.25, 0.3) is 0 Å². The van der Waals surface area contributed by atoms with Crippen molar-refractivity contribution in [3.63, 3.8) is 0 Å². The summed E-state index contributed by atoms with van der Waals surface area (Å²) in [4.78, 5) is 10.4. The molecule has 2 unspecified atom stereocenters. The fourth-order valence-electron chi connectivity index (χ4n) is 2.68. The second-order valence-electron chi connectivity index (χ2n) is 6.39. The summed E-state index contributed by atoms with van der Waals surface area (Å²) in [7, 11) is 0. The first kappa shape index (κ1) is 21.4. The summed E-state index contributed by atoms with van der Waals surface area (Å²) >= 11 is 0. The first-order valence-corrected chi connectivity index (χ1v) is 9.15. The summed E-state index contributed by atoms with van der Waals surface area (Å²) in [6.45, 7) is 2.20. The Balaban J connectivity index is 3.38. The van der Waals surface area contributed by atoms with E-state index in [0.29, 0.717) is 12.8 Å². The van der Waals surface area contributed by atoms with Gasteiger partial charge in [-0.05, 0) is 19.3 Å². The van der Waals surface area contributed by atoms with Crippen molar-refractivity contribution in [3.8, 4) is 0 Å². The lowest BCUT2D eigenvalue weighted by Crippen LogP contribution is -2.25. The Morgan fingerprint density at radius 2 is 1.14 bits per heavy atom. The molecule has 0 aromatic heterocycles. The summed E-state index contributed by atoms with van der Waals surface area (Å²) in [6.07, 6.45) is 12.2. The van der Waals surface area contributed by atoms with Gasteiger partial charge in [0.1, 0.15) is 0 Å². The molecule has 0 spiro atoms. The quantitative estimate of drug-likeness (QED) is 0.371. The van der Waals surface area contributed by atoms with Crippen LogP contribution in [0.2, 0.25) is 0 Å². The number of aliphatic hydroxyl groups is 2. The van der Waals surface area contributed by atoms with Gasteiger partial charge in [-0.2, -0.15) is 0 Å². The number of carboxylic acids is 1. The lowest BCUT2D eigenvalue weighted by atomic mass is 9.99. The van der Waals surface area contributed by atoms with Crippen molar-refractivity contribution in [1.82, 2.24) is 0 Å². The van der Waals surface area contributed by atoms with Crippen LogP contribution in [-0.2, 0) is 4.79 Å². The van der Waals surface area contributed by atoms with E-state index in [1.54, 1.807) is 0 Å². The van der Waals surface area contributed by atoms with E-state index in [9.17, 15) is 15.0 Å². The maximum atomic E-state index is 10.4. The van der Waals surface area contributed by atoms with Crippen LogP contribution in [0.1, 0.15) is 96.8 Å². The molecule has 0 aromatic carbocycles. The first-order valence-electron chi connectivity index (χ1n) is 9.15. The van der Waals surface area contributed by atoms with Gasteiger partial charge in [0.2, 0.25) is 0 Å². The van der Waals surface area contributed by atoms with Crippen molar-refractivity contribution < 1.29 is 20.1 Å². The van der Waals surface area contributed by atoms with Gasteiger partial charge in [0.15, 0.2) is 0 Å². The monoisotopic (exact) mass is 316 g/mol. The molecule has 0 bridgehead atoms. The molecule has 0 aliphatic heterocycles. The van der Waals surface area contributed by atoms with Gasteiger partial charge in [-0.1, -0.05) is 71.1 Å². The van der Waals surface area contributed by atoms with E-state index >= 15 is 0 Å². The summed E-state index contributed by atoms with van der Waals surface area (Å²) in [5.41, 5.74) is 0. The Morgan fingerprint density at radius 1 is 0.727 bits per heavy atom. The molecule has 3 N–H and O–H groups in total. The largest absolute Gasteiger partial charge is 0.481 e. The molecule has 0 aliphatic rings. The Bertz CT molecular complexity index is 255. The van der Waals surface area contributed by atoms with E-state index in [2.05, 4.69) is 6.92 Å². The Labute approximate surface area is 135 Å². The second kappa shape index (κ2) is 15.3. The average molecular weight is 316 g/mol. The van der Waals surface area contributed by atoms with Gasteiger partial charge in [0.05, 0.1) is 12.2 Å². The summed E-state index contributed by atoms with van der Waals surface area (Å²) in [6, 6.07) is 0. The third-order valence-corrected chi connectivity index (χ3v) is 4.19. The Hall–Kier alpha value is -0.610. The predicted molar refractivity (Wildman–Crippen MR) is 90.0 cm³/mol. The van der Waals surface area contributed by atoms with Crippen LogP contribution in [-0.4, -0.2) is 33.5 Å². The topological polar surface area (TPSA) is 77.8 Å². The van der Waals surface area contributed by atoms with Gasteiger partial charge >= 0.3 is 5.97 Å². The Kier molecular flexibility index (Phi) is 14.9. The molecule has 0 aromatic rings. The van der Waals surface area contributed by atoms with Gasteiger partial charge in [0, 0.05) is 6.42 Å². The molecule has 22 heavy (non-hydrogen) atoms. The lowest BCUT2D eigenvalue weighted by Gasteiger charge is -2.17. The zero-order valence-corrected chi connectivity index (χ0v) is 14.3. The normalized spacial score (nSPS) is 14.0. The number of hydrogen-bond donors (Lipinski definition) is 3. The highest BCUT2D eigenvalue weighted by molar-refractivity contribution is 5.66. The molecular formula is C18H36O4. The third-order valence-electron chi connectivity index (χ3n) is 4.19. The summed E-state index contributed by atoms with van der Waals surface area (Å²) < 4.78 is 0. The van der Waals surface area contributed by atoms with Crippen LogP contribution in [0.5, 0.6) is 0 Å². The maximum Gasteiger partial charge on any atom is 0.303 e. The molecule has 0 rings (SSSR count). The van der Waals surface area contributed by atoms with Gasteiger partial charge in [-0.25, -0.2) is 0 Å². The molecule has 0 saturated carbocycles. The third kappa shape index (κ3) is 14.3. The van der Waals surface area contributed by atoms with Crippen LogP contribution in [0.4, 0.5) is 0 Å². The highest BCUT2D eigenvalue weighted by Gasteiger charge is 2.15. The van der Waals surface area contributed by atoms with Crippen LogP contribution in [0.15, 0.2) is 0 Å². The van der Waals surface area contributed by atoms with Gasteiger partial charge < -0.3 is 15.3 Å². The fourth-order valence-corrected chi connectivity index (χ4v) is 2.68. The zero-order chi connectivity index (χ0) is 16.6. The van der Waals surface area contributed by atoms with E-state index < -0.39 is 18.2 Å². The smallest absolute Gasteiger partial charge is 0.303 e. The molecule has 0 saturated heterocycles. The minimum Gasteiger partial charge on any atom is -0.481 e.